The van der Waals surface area contributed by atoms with E-state index in [0.717, 1.165) is 26.1 Å². The maximum atomic E-state index is 12.9. The third-order valence-corrected chi connectivity index (χ3v) is 6.44. The maximum absolute atomic E-state index is 12.9. The number of carbonyl (C=O) groups excluding carboxylic acids is 3. The van der Waals surface area contributed by atoms with E-state index in [4.69, 9.17) is 10.2 Å². The first-order chi connectivity index (χ1) is 16.1. The summed E-state index contributed by atoms with van der Waals surface area (Å²) in [4.78, 5) is 39.8. The first-order valence-corrected chi connectivity index (χ1v) is 11.2. The minimum Gasteiger partial charge on any atom is -0.547 e. The number of hydrogen-bond donors (Lipinski definition) is 3. The molecule has 1 aromatic heterocycles. The van der Waals surface area contributed by atoms with E-state index in [1.54, 1.807) is 0 Å². The molecule has 4 rings (SSSR count). The number of aromatic nitrogens is 1. The highest BCUT2D eigenvalue weighted by Crippen LogP contribution is 2.40. The second kappa shape index (κ2) is 10.4. The van der Waals surface area contributed by atoms with Gasteiger partial charge in [-0.25, -0.2) is 0 Å². The second-order valence-electron chi connectivity index (χ2n) is 8.47. The van der Waals surface area contributed by atoms with Crippen LogP contribution in [0.25, 0.3) is 16.5 Å². The van der Waals surface area contributed by atoms with Gasteiger partial charge in [-0.1, -0.05) is 18.2 Å². The SMILES string of the molecule is CCN(CC)C(=O)[C@@H]1C=C2c3cccc4[nH]cc(c34)C[C@H]2N(C)C1.O=C([O-])C(O)C(O)C(=O)[O-]. The quantitative estimate of drug-likeness (QED) is 0.441. The Hall–Kier alpha value is -3.21. The van der Waals surface area contributed by atoms with E-state index in [2.05, 4.69) is 61.3 Å². The molecule has 10 heteroatoms. The number of carboxylic acids is 2. The normalized spacial score (nSPS) is 20.9. The minimum absolute atomic E-state index is 0.0445. The molecular weight excluding hydrogens is 442 g/mol. The summed E-state index contributed by atoms with van der Waals surface area (Å²) in [5, 5.41) is 37.1. The van der Waals surface area contributed by atoms with Crippen molar-refractivity contribution in [3.8, 4) is 0 Å². The smallest absolute Gasteiger partial charge is 0.230 e. The van der Waals surface area contributed by atoms with Crippen molar-refractivity contribution in [3.05, 3.63) is 41.6 Å². The average molecular weight is 472 g/mol. The number of hydrogen-bond acceptors (Lipinski definition) is 8. The Morgan fingerprint density at radius 3 is 2.32 bits per heavy atom. The van der Waals surface area contributed by atoms with Gasteiger partial charge in [-0.15, -0.1) is 0 Å². The molecule has 0 saturated carbocycles. The topological polar surface area (TPSA) is 160 Å². The average Bonchev–Trinajstić information content (AvgIpc) is 3.23. The van der Waals surface area contributed by atoms with Gasteiger partial charge in [0.1, 0.15) is 12.2 Å². The van der Waals surface area contributed by atoms with Crippen LogP contribution in [0.4, 0.5) is 0 Å². The zero-order valence-corrected chi connectivity index (χ0v) is 19.4. The van der Waals surface area contributed by atoms with Crippen molar-refractivity contribution in [2.45, 2.75) is 38.5 Å². The number of aliphatic hydroxyl groups excluding tert-OH is 2. The van der Waals surface area contributed by atoms with E-state index in [0.29, 0.717) is 6.04 Å². The van der Waals surface area contributed by atoms with Gasteiger partial charge in [-0.2, -0.15) is 0 Å². The van der Waals surface area contributed by atoms with Crippen LogP contribution in [0.15, 0.2) is 30.5 Å². The van der Waals surface area contributed by atoms with Crippen molar-refractivity contribution in [1.29, 1.82) is 0 Å². The van der Waals surface area contributed by atoms with Gasteiger partial charge < -0.3 is 39.9 Å². The summed E-state index contributed by atoms with van der Waals surface area (Å²) in [5.41, 5.74) is 5.21. The summed E-state index contributed by atoms with van der Waals surface area (Å²) in [6.45, 7) is 6.47. The summed E-state index contributed by atoms with van der Waals surface area (Å²) >= 11 is 0. The molecule has 2 heterocycles. The number of nitrogens with one attached hydrogen (secondary N) is 1. The highest BCUT2D eigenvalue weighted by atomic mass is 16.4. The lowest BCUT2D eigenvalue weighted by Gasteiger charge is -2.40. The highest BCUT2D eigenvalue weighted by Gasteiger charge is 2.36. The van der Waals surface area contributed by atoms with Crippen molar-refractivity contribution in [1.82, 2.24) is 14.8 Å². The van der Waals surface area contributed by atoms with E-state index < -0.39 is 24.1 Å². The Morgan fingerprint density at radius 1 is 1.15 bits per heavy atom. The van der Waals surface area contributed by atoms with E-state index in [1.165, 1.54) is 27.6 Å². The van der Waals surface area contributed by atoms with Gasteiger partial charge in [0.25, 0.3) is 0 Å². The molecule has 34 heavy (non-hydrogen) atoms. The summed E-state index contributed by atoms with van der Waals surface area (Å²) in [6, 6.07) is 6.82. The van der Waals surface area contributed by atoms with Crippen molar-refractivity contribution >= 4 is 34.3 Å². The lowest BCUT2D eigenvalue weighted by molar-refractivity contribution is -0.333. The molecule has 1 aliphatic heterocycles. The van der Waals surface area contributed by atoms with Gasteiger partial charge in [0, 0.05) is 42.8 Å². The number of likely N-dealkylation sites (N-methyl/N-ethyl adjacent to an activating group) is 1. The van der Waals surface area contributed by atoms with Crippen molar-refractivity contribution in [2.75, 3.05) is 26.7 Å². The van der Waals surface area contributed by atoms with Crippen LogP contribution in [0.3, 0.4) is 0 Å². The number of carbonyl (C=O) groups is 3. The Labute approximate surface area is 197 Å². The number of amides is 1. The predicted molar refractivity (Wildman–Crippen MR) is 120 cm³/mol. The van der Waals surface area contributed by atoms with Crippen LogP contribution < -0.4 is 10.2 Å². The molecule has 2 unspecified atom stereocenters. The lowest BCUT2D eigenvalue weighted by Crippen LogP contribution is -2.51. The third-order valence-electron chi connectivity index (χ3n) is 6.44. The van der Waals surface area contributed by atoms with Gasteiger partial charge in [-0.05, 0) is 50.1 Å². The number of fused-ring (bicyclic) bond motifs is 2. The van der Waals surface area contributed by atoms with Gasteiger partial charge >= 0.3 is 0 Å². The van der Waals surface area contributed by atoms with Gasteiger partial charge in [0.2, 0.25) is 5.91 Å². The van der Waals surface area contributed by atoms with Crippen molar-refractivity contribution in [2.24, 2.45) is 5.92 Å². The molecule has 2 aliphatic rings. The predicted octanol–water partition coefficient (Wildman–Crippen LogP) is -1.89. The molecule has 0 fully saturated rings. The van der Waals surface area contributed by atoms with E-state index in [1.807, 2.05) is 4.90 Å². The van der Waals surface area contributed by atoms with E-state index >= 15 is 0 Å². The van der Waals surface area contributed by atoms with E-state index in [-0.39, 0.29) is 11.8 Å². The summed E-state index contributed by atoms with van der Waals surface area (Å²) in [6.07, 6.45) is 0.531. The fourth-order valence-corrected chi connectivity index (χ4v) is 4.63. The third kappa shape index (κ3) is 4.84. The first kappa shape index (κ1) is 25.4. The summed E-state index contributed by atoms with van der Waals surface area (Å²) in [5.74, 6) is -3.91. The number of H-pyrrole nitrogens is 1. The van der Waals surface area contributed by atoms with Crippen LogP contribution in [-0.2, 0) is 20.8 Å². The molecule has 0 saturated heterocycles. The second-order valence-corrected chi connectivity index (χ2v) is 8.47. The first-order valence-electron chi connectivity index (χ1n) is 11.2. The fourth-order valence-electron chi connectivity index (χ4n) is 4.63. The molecule has 0 spiro atoms. The van der Waals surface area contributed by atoms with Gasteiger partial charge in [-0.3, -0.25) is 9.69 Å². The van der Waals surface area contributed by atoms with Crippen LogP contribution >= 0.6 is 0 Å². The molecule has 2 aromatic rings. The number of nitrogens with zero attached hydrogens (tertiary/aromatic N) is 2. The van der Waals surface area contributed by atoms with Crippen LogP contribution in [0.5, 0.6) is 0 Å². The zero-order chi connectivity index (χ0) is 25.2. The van der Waals surface area contributed by atoms with Crippen LogP contribution in [0, 0.1) is 5.92 Å². The van der Waals surface area contributed by atoms with Gasteiger partial charge in [0.15, 0.2) is 0 Å². The Balaban J connectivity index is 0.000000277. The molecule has 3 N–H and O–H groups in total. The molecule has 1 aromatic carbocycles. The zero-order valence-electron chi connectivity index (χ0n) is 19.4. The Kier molecular flexibility index (Phi) is 7.75. The number of benzene rings is 1. The number of aliphatic carboxylic acids is 2. The van der Waals surface area contributed by atoms with Gasteiger partial charge in [0.05, 0.1) is 17.9 Å². The number of rotatable bonds is 6. The van der Waals surface area contributed by atoms with Crippen LogP contribution in [0.1, 0.15) is 25.0 Å². The molecule has 0 radical (unpaired) electrons. The van der Waals surface area contributed by atoms with E-state index in [9.17, 15) is 24.6 Å². The molecule has 184 valence electrons. The standard InChI is InChI=1S/C20H25N3O.C4H6O6/c1-4-23(5-2)20(24)14-9-16-15-7-6-8-17-19(15)13(11-21-17)10-18(16)22(3)12-14;5-1(3(7)8)2(6)4(9)10/h6-9,11,14,18,21H,4-5,10,12H2,1-3H3;1-2,5-6H,(H,7,8)(H,9,10)/p-2/t14-,18-;/m1./s1. The Morgan fingerprint density at radius 2 is 1.76 bits per heavy atom. The molecule has 0 bridgehead atoms. The van der Waals surface area contributed by atoms with Crippen LogP contribution in [0.2, 0.25) is 0 Å². The monoisotopic (exact) mass is 471 g/mol. The minimum atomic E-state index is -2.44. The van der Waals surface area contributed by atoms with Crippen LogP contribution in [-0.4, -0.2) is 87.8 Å². The molecule has 1 amide bonds. The number of carboxylic acid groups (broad SMARTS) is 2. The van der Waals surface area contributed by atoms with Crippen molar-refractivity contribution < 1.29 is 34.8 Å². The maximum Gasteiger partial charge on any atom is 0.230 e. The molecule has 10 nitrogen and oxygen atoms in total. The molecular formula is C24H29N3O7-2. The molecule has 1 aliphatic carbocycles. The van der Waals surface area contributed by atoms with Crippen molar-refractivity contribution in [3.63, 3.8) is 0 Å². The number of aromatic amines is 1. The summed E-state index contributed by atoms with van der Waals surface area (Å²) < 4.78 is 0. The lowest BCUT2D eigenvalue weighted by atomic mass is 9.79. The fraction of sp³-hybridized carbons (Fsp3) is 0.458. The highest BCUT2D eigenvalue weighted by molar-refractivity contribution is 5.99. The summed E-state index contributed by atoms with van der Waals surface area (Å²) in [7, 11) is 2.15. The Bertz CT molecular complexity index is 1090. The molecule has 4 atom stereocenters. The largest absolute Gasteiger partial charge is 0.547 e. The number of aliphatic hydroxyl groups is 2.